The van der Waals surface area contributed by atoms with Crippen LogP contribution in [0.4, 0.5) is 0 Å². The molecule has 4 nitrogen and oxygen atoms in total. The van der Waals surface area contributed by atoms with Gasteiger partial charge in [0.15, 0.2) is 0 Å². The molecule has 0 bridgehead atoms. The first-order valence-electron chi connectivity index (χ1n) is 10.2. The Bertz CT molecular complexity index is 758. The van der Waals surface area contributed by atoms with Crippen molar-refractivity contribution >= 4 is 11.8 Å². The van der Waals surface area contributed by atoms with Crippen LogP contribution in [0.5, 0.6) is 0 Å². The van der Waals surface area contributed by atoms with E-state index in [1.54, 1.807) is 4.90 Å². The maximum atomic E-state index is 13.2. The largest absolute Gasteiger partial charge is 0.354 e. The van der Waals surface area contributed by atoms with Gasteiger partial charge in [-0.3, -0.25) is 9.59 Å². The lowest BCUT2D eigenvalue weighted by molar-refractivity contribution is -0.140. The second-order valence-corrected chi connectivity index (χ2v) is 7.20. The van der Waals surface area contributed by atoms with E-state index < -0.39 is 6.04 Å². The maximum Gasteiger partial charge on any atom is 0.242 e. The monoisotopic (exact) mass is 380 g/mol. The van der Waals surface area contributed by atoms with Crippen LogP contribution in [0, 0.1) is 6.92 Å². The molecule has 4 heteroatoms. The van der Waals surface area contributed by atoms with Crippen molar-refractivity contribution in [2.75, 3.05) is 13.1 Å². The fourth-order valence-electron chi connectivity index (χ4n) is 3.36. The molecule has 2 aromatic rings. The predicted octanol–water partition coefficient (Wildman–Crippen LogP) is 3.91. The molecule has 2 aromatic carbocycles. The van der Waals surface area contributed by atoms with Crippen molar-refractivity contribution in [1.82, 2.24) is 10.2 Å². The fourth-order valence-corrected chi connectivity index (χ4v) is 3.36. The van der Waals surface area contributed by atoms with E-state index in [4.69, 9.17) is 0 Å². The van der Waals surface area contributed by atoms with Gasteiger partial charge in [-0.2, -0.15) is 0 Å². The van der Waals surface area contributed by atoms with Crippen molar-refractivity contribution in [3.8, 4) is 0 Å². The van der Waals surface area contributed by atoms with E-state index >= 15 is 0 Å². The van der Waals surface area contributed by atoms with Crippen LogP contribution in [0.3, 0.4) is 0 Å². The van der Waals surface area contributed by atoms with Crippen molar-refractivity contribution in [1.29, 1.82) is 0 Å². The first-order chi connectivity index (χ1) is 13.5. The van der Waals surface area contributed by atoms with Crippen LogP contribution in [0.1, 0.15) is 43.4 Å². The normalized spacial score (nSPS) is 11.7. The summed E-state index contributed by atoms with van der Waals surface area (Å²) < 4.78 is 0. The zero-order chi connectivity index (χ0) is 20.4. The third-order valence-corrected chi connectivity index (χ3v) is 4.86. The molecule has 0 heterocycles. The van der Waals surface area contributed by atoms with Gasteiger partial charge < -0.3 is 10.2 Å². The Hall–Kier alpha value is -2.62. The Morgan fingerprint density at radius 3 is 2.36 bits per heavy atom. The van der Waals surface area contributed by atoms with Crippen LogP contribution in [0.25, 0.3) is 0 Å². The minimum atomic E-state index is -0.437. The smallest absolute Gasteiger partial charge is 0.242 e. The van der Waals surface area contributed by atoms with E-state index in [0.29, 0.717) is 25.9 Å². The molecule has 0 saturated carbocycles. The number of carbonyl (C=O) groups is 2. The number of amides is 2. The van der Waals surface area contributed by atoms with Gasteiger partial charge in [0.05, 0.1) is 6.42 Å². The summed E-state index contributed by atoms with van der Waals surface area (Å²) in [7, 11) is 0. The van der Waals surface area contributed by atoms with Crippen molar-refractivity contribution in [3.63, 3.8) is 0 Å². The van der Waals surface area contributed by atoms with Crippen LogP contribution in [0.15, 0.2) is 54.6 Å². The van der Waals surface area contributed by atoms with Crippen LogP contribution in [-0.4, -0.2) is 35.8 Å². The highest BCUT2D eigenvalue weighted by Crippen LogP contribution is 2.13. The zero-order valence-corrected chi connectivity index (χ0v) is 17.3. The number of benzene rings is 2. The topological polar surface area (TPSA) is 49.4 Å². The predicted molar refractivity (Wildman–Crippen MR) is 114 cm³/mol. The molecule has 28 heavy (non-hydrogen) atoms. The molecular weight excluding hydrogens is 348 g/mol. The number of rotatable bonds is 10. The molecule has 1 N–H and O–H groups in total. The lowest BCUT2D eigenvalue weighted by atomic mass is 10.0. The van der Waals surface area contributed by atoms with E-state index in [2.05, 4.69) is 17.4 Å². The molecule has 0 aliphatic rings. The number of aryl methyl sites for hydroxylation is 1. The lowest BCUT2D eigenvalue weighted by Gasteiger charge is -2.30. The SMILES string of the molecule is CCCNC(=O)C(CC)N(CCc1ccccc1)C(=O)Cc1cccc(C)c1. The van der Waals surface area contributed by atoms with Crippen molar-refractivity contribution in [2.45, 2.75) is 52.5 Å². The zero-order valence-electron chi connectivity index (χ0n) is 17.3. The van der Waals surface area contributed by atoms with Crippen molar-refractivity contribution < 1.29 is 9.59 Å². The molecule has 1 unspecified atom stereocenters. The molecule has 0 saturated heterocycles. The number of nitrogens with one attached hydrogen (secondary N) is 1. The van der Waals surface area contributed by atoms with Crippen molar-refractivity contribution in [2.24, 2.45) is 0 Å². The van der Waals surface area contributed by atoms with E-state index in [1.807, 2.05) is 63.2 Å². The van der Waals surface area contributed by atoms with Crippen LogP contribution < -0.4 is 5.32 Å². The second kappa shape index (κ2) is 11.3. The number of hydrogen-bond acceptors (Lipinski definition) is 2. The Labute approximate surface area is 169 Å². The molecule has 2 rings (SSSR count). The summed E-state index contributed by atoms with van der Waals surface area (Å²) in [5.41, 5.74) is 3.28. The Balaban J connectivity index is 2.17. The van der Waals surface area contributed by atoms with Gasteiger partial charge in [0.25, 0.3) is 0 Å². The van der Waals surface area contributed by atoms with Crippen LogP contribution >= 0.6 is 0 Å². The number of nitrogens with zero attached hydrogens (tertiary/aromatic N) is 1. The molecule has 0 aliphatic carbocycles. The summed E-state index contributed by atoms with van der Waals surface area (Å²) >= 11 is 0. The highest BCUT2D eigenvalue weighted by atomic mass is 16.2. The van der Waals surface area contributed by atoms with Crippen LogP contribution in [0.2, 0.25) is 0 Å². The van der Waals surface area contributed by atoms with Gasteiger partial charge in [-0.15, -0.1) is 0 Å². The molecule has 150 valence electrons. The van der Waals surface area contributed by atoms with Gasteiger partial charge in [-0.1, -0.05) is 74.0 Å². The van der Waals surface area contributed by atoms with Gasteiger partial charge in [0.1, 0.15) is 6.04 Å². The third kappa shape index (κ3) is 6.52. The first kappa shape index (κ1) is 21.7. The van der Waals surface area contributed by atoms with Gasteiger partial charge in [0, 0.05) is 13.1 Å². The van der Waals surface area contributed by atoms with E-state index in [-0.39, 0.29) is 11.8 Å². The Morgan fingerprint density at radius 2 is 1.71 bits per heavy atom. The average Bonchev–Trinajstić information content (AvgIpc) is 2.70. The standard InChI is InChI=1S/C24H32N2O2/c1-4-15-25-24(28)22(5-2)26(16-14-20-11-7-6-8-12-20)23(27)18-21-13-9-10-19(3)17-21/h6-13,17,22H,4-5,14-16,18H2,1-3H3,(H,25,28). The minimum Gasteiger partial charge on any atom is -0.354 e. The average molecular weight is 381 g/mol. The van der Waals surface area contributed by atoms with E-state index in [0.717, 1.165) is 24.0 Å². The second-order valence-electron chi connectivity index (χ2n) is 7.20. The highest BCUT2D eigenvalue weighted by Gasteiger charge is 2.28. The third-order valence-electron chi connectivity index (χ3n) is 4.86. The summed E-state index contributed by atoms with van der Waals surface area (Å²) in [6.07, 6.45) is 2.53. The molecule has 0 fully saturated rings. The lowest BCUT2D eigenvalue weighted by Crippen LogP contribution is -2.50. The number of hydrogen-bond donors (Lipinski definition) is 1. The molecular formula is C24H32N2O2. The maximum absolute atomic E-state index is 13.2. The summed E-state index contributed by atoms with van der Waals surface area (Å²) in [6, 6.07) is 17.7. The molecule has 0 spiro atoms. The molecule has 1 atom stereocenters. The molecule has 0 aliphatic heterocycles. The summed E-state index contributed by atoms with van der Waals surface area (Å²) in [4.78, 5) is 27.6. The van der Waals surface area contributed by atoms with E-state index in [1.165, 1.54) is 5.56 Å². The summed E-state index contributed by atoms with van der Waals surface area (Å²) in [5, 5.41) is 2.96. The summed E-state index contributed by atoms with van der Waals surface area (Å²) in [5.74, 6) is -0.0602. The van der Waals surface area contributed by atoms with Gasteiger partial charge in [-0.05, 0) is 37.3 Å². The molecule has 0 aromatic heterocycles. The molecule has 0 radical (unpaired) electrons. The van der Waals surface area contributed by atoms with Crippen molar-refractivity contribution in [3.05, 3.63) is 71.3 Å². The Morgan fingerprint density at radius 1 is 1.00 bits per heavy atom. The quantitative estimate of drug-likeness (QED) is 0.679. The highest BCUT2D eigenvalue weighted by molar-refractivity contribution is 5.88. The van der Waals surface area contributed by atoms with Gasteiger partial charge >= 0.3 is 0 Å². The van der Waals surface area contributed by atoms with Crippen LogP contribution in [-0.2, 0) is 22.4 Å². The van der Waals surface area contributed by atoms with Gasteiger partial charge in [-0.25, -0.2) is 0 Å². The number of carbonyl (C=O) groups excluding carboxylic acids is 2. The van der Waals surface area contributed by atoms with Gasteiger partial charge in [0.2, 0.25) is 11.8 Å². The molecule has 2 amide bonds. The summed E-state index contributed by atoms with van der Waals surface area (Å²) in [6.45, 7) is 7.18. The first-order valence-corrected chi connectivity index (χ1v) is 10.2. The minimum absolute atomic E-state index is 0.0000274. The Kier molecular flexibility index (Phi) is 8.73. The van der Waals surface area contributed by atoms with E-state index in [9.17, 15) is 9.59 Å². The fraction of sp³-hybridized carbons (Fsp3) is 0.417.